The van der Waals surface area contributed by atoms with Gasteiger partial charge in [-0.05, 0) is 73.5 Å². The smallest absolute Gasteiger partial charge is 0.343 e. The lowest BCUT2D eigenvalue weighted by Gasteiger charge is -2.20. The van der Waals surface area contributed by atoms with Gasteiger partial charge in [0.15, 0.2) is 12.4 Å². The zero-order chi connectivity index (χ0) is 26.5. The van der Waals surface area contributed by atoms with Crippen LogP contribution in [0.1, 0.15) is 38.3 Å². The van der Waals surface area contributed by atoms with Crippen LogP contribution in [0.25, 0.3) is 0 Å². The van der Waals surface area contributed by atoms with Gasteiger partial charge in [0.1, 0.15) is 11.5 Å². The van der Waals surface area contributed by atoms with E-state index < -0.39 is 30.2 Å². The van der Waals surface area contributed by atoms with Crippen LogP contribution in [-0.4, -0.2) is 43.9 Å². The van der Waals surface area contributed by atoms with Crippen LogP contribution in [0.15, 0.2) is 66.7 Å². The number of methoxy groups -OCH3 is 1. The van der Waals surface area contributed by atoms with Crippen molar-refractivity contribution in [2.24, 2.45) is 5.92 Å². The molecule has 1 unspecified atom stereocenters. The summed E-state index contributed by atoms with van der Waals surface area (Å²) in [5, 5.41) is 0. The second-order valence-corrected chi connectivity index (χ2v) is 8.80. The van der Waals surface area contributed by atoms with E-state index >= 15 is 0 Å². The molecule has 0 aliphatic carbocycles. The number of nitrogens with zero attached hydrogens (tertiary/aromatic N) is 1. The monoisotopic (exact) mass is 501 g/mol. The minimum absolute atomic E-state index is 0.0355. The first kappa shape index (κ1) is 25.6. The number of hydrogen-bond acceptors (Lipinski definition) is 7. The number of ketones is 1. The summed E-state index contributed by atoms with van der Waals surface area (Å²) >= 11 is 0. The largest absolute Gasteiger partial charge is 0.497 e. The number of aryl methyl sites for hydroxylation is 1. The highest BCUT2D eigenvalue weighted by Gasteiger charge is 2.37. The van der Waals surface area contributed by atoms with Gasteiger partial charge in [-0.3, -0.25) is 14.4 Å². The maximum Gasteiger partial charge on any atom is 0.343 e. The molecule has 37 heavy (non-hydrogen) atoms. The predicted molar refractivity (Wildman–Crippen MR) is 136 cm³/mol. The van der Waals surface area contributed by atoms with E-state index in [2.05, 4.69) is 0 Å². The Balaban J connectivity index is 1.30. The number of anilines is 1. The van der Waals surface area contributed by atoms with E-state index in [0.717, 1.165) is 16.8 Å². The second-order valence-electron chi connectivity index (χ2n) is 8.80. The molecule has 1 saturated heterocycles. The average molecular weight is 502 g/mol. The fourth-order valence-corrected chi connectivity index (χ4v) is 4.09. The lowest BCUT2D eigenvalue weighted by Crippen LogP contribution is -2.27. The maximum absolute atomic E-state index is 12.6. The van der Waals surface area contributed by atoms with Gasteiger partial charge in [0.05, 0.1) is 18.6 Å². The van der Waals surface area contributed by atoms with Crippen LogP contribution >= 0.6 is 0 Å². The Bertz CT molecular complexity index is 1350. The van der Waals surface area contributed by atoms with Gasteiger partial charge >= 0.3 is 11.9 Å². The Morgan fingerprint density at radius 2 is 1.65 bits per heavy atom. The average Bonchev–Trinajstić information content (AvgIpc) is 3.30. The van der Waals surface area contributed by atoms with Crippen molar-refractivity contribution in [3.8, 4) is 11.5 Å². The normalized spacial score (nSPS) is 14.8. The first-order chi connectivity index (χ1) is 17.8. The zero-order valence-electron chi connectivity index (χ0n) is 20.9. The summed E-state index contributed by atoms with van der Waals surface area (Å²) in [5.74, 6) is -1.55. The standard InChI is InChI=1S/C29H27NO7/c1-18-6-4-9-25(19(18)2)30-16-22(15-27(30)32)28(33)36-17-26(31)20-10-12-23(13-11-20)37-29(34)21-7-5-8-24(14-21)35-3/h4-14,22H,15-17H2,1-3H3. The molecule has 3 aromatic carbocycles. The van der Waals surface area contributed by atoms with Gasteiger partial charge in [-0.25, -0.2) is 4.79 Å². The Labute approximate surface area is 214 Å². The quantitative estimate of drug-likeness (QED) is 0.258. The van der Waals surface area contributed by atoms with Crippen LogP contribution in [0.3, 0.4) is 0 Å². The van der Waals surface area contributed by atoms with E-state index in [1.807, 2.05) is 32.0 Å². The van der Waals surface area contributed by atoms with Crippen molar-refractivity contribution in [3.05, 3.63) is 89.0 Å². The van der Waals surface area contributed by atoms with E-state index in [9.17, 15) is 19.2 Å². The van der Waals surface area contributed by atoms with Crippen LogP contribution in [-0.2, 0) is 14.3 Å². The number of carbonyl (C=O) groups excluding carboxylic acids is 4. The van der Waals surface area contributed by atoms with Crippen LogP contribution in [0.2, 0.25) is 0 Å². The minimum atomic E-state index is -0.640. The van der Waals surface area contributed by atoms with Crippen molar-refractivity contribution in [1.82, 2.24) is 0 Å². The van der Waals surface area contributed by atoms with Gasteiger partial charge in [0.25, 0.3) is 0 Å². The molecule has 4 rings (SSSR count). The summed E-state index contributed by atoms with van der Waals surface area (Å²) in [4.78, 5) is 51.6. The molecule has 0 bridgehead atoms. The molecule has 1 amide bonds. The highest BCUT2D eigenvalue weighted by Crippen LogP contribution is 2.30. The number of rotatable bonds is 8. The number of carbonyl (C=O) groups is 4. The fraction of sp³-hybridized carbons (Fsp3) is 0.241. The Hall–Kier alpha value is -4.46. The van der Waals surface area contributed by atoms with Gasteiger partial charge < -0.3 is 19.1 Å². The summed E-state index contributed by atoms with van der Waals surface area (Å²) in [6.07, 6.45) is 0.0355. The molecule has 0 spiro atoms. The fourth-order valence-electron chi connectivity index (χ4n) is 4.09. The molecule has 1 atom stereocenters. The molecule has 0 aromatic heterocycles. The molecule has 0 N–H and O–H groups in total. The summed E-state index contributed by atoms with van der Waals surface area (Å²) in [6, 6.07) is 18.2. The number of Topliss-reactive ketones (excluding diaryl/α,β-unsaturated/α-hetero) is 1. The summed E-state index contributed by atoms with van der Waals surface area (Å²) < 4.78 is 15.7. The molecular formula is C29H27NO7. The predicted octanol–water partition coefficient (Wildman–Crippen LogP) is 4.31. The summed E-state index contributed by atoms with van der Waals surface area (Å²) in [7, 11) is 1.51. The lowest BCUT2D eigenvalue weighted by atomic mass is 10.1. The van der Waals surface area contributed by atoms with E-state index in [-0.39, 0.29) is 24.6 Å². The van der Waals surface area contributed by atoms with Crippen molar-refractivity contribution in [2.45, 2.75) is 20.3 Å². The third kappa shape index (κ3) is 5.86. The van der Waals surface area contributed by atoms with Gasteiger partial charge in [0, 0.05) is 24.2 Å². The number of esters is 2. The van der Waals surface area contributed by atoms with Crippen molar-refractivity contribution in [1.29, 1.82) is 0 Å². The number of benzene rings is 3. The molecule has 1 heterocycles. The molecule has 8 heteroatoms. The molecule has 8 nitrogen and oxygen atoms in total. The molecule has 3 aromatic rings. The zero-order valence-corrected chi connectivity index (χ0v) is 20.9. The minimum Gasteiger partial charge on any atom is -0.497 e. The third-order valence-electron chi connectivity index (χ3n) is 6.36. The molecular weight excluding hydrogens is 474 g/mol. The highest BCUT2D eigenvalue weighted by atomic mass is 16.5. The van der Waals surface area contributed by atoms with Gasteiger partial charge in [-0.15, -0.1) is 0 Å². The van der Waals surface area contributed by atoms with Gasteiger partial charge in [0.2, 0.25) is 5.91 Å². The number of amides is 1. The molecule has 1 aliphatic heterocycles. The third-order valence-corrected chi connectivity index (χ3v) is 6.36. The highest BCUT2D eigenvalue weighted by molar-refractivity contribution is 6.01. The maximum atomic E-state index is 12.6. The Morgan fingerprint density at radius 3 is 2.38 bits per heavy atom. The van der Waals surface area contributed by atoms with Crippen molar-refractivity contribution in [3.63, 3.8) is 0 Å². The van der Waals surface area contributed by atoms with E-state index in [1.54, 1.807) is 29.2 Å². The first-order valence-electron chi connectivity index (χ1n) is 11.8. The Morgan fingerprint density at radius 1 is 0.919 bits per heavy atom. The van der Waals surface area contributed by atoms with Crippen molar-refractivity contribution in [2.75, 3.05) is 25.2 Å². The molecule has 190 valence electrons. The molecule has 1 aliphatic rings. The number of hydrogen-bond donors (Lipinski definition) is 0. The van der Waals surface area contributed by atoms with Crippen LogP contribution in [0.5, 0.6) is 11.5 Å². The van der Waals surface area contributed by atoms with E-state index in [0.29, 0.717) is 16.9 Å². The SMILES string of the molecule is COc1cccc(C(=O)Oc2ccc(C(=O)COC(=O)C3CC(=O)N(c4cccc(C)c4C)C3)cc2)c1. The topological polar surface area (TPSA) is 99.2 Å². The molecule has 1 fully saturated rings. The summed E-state index contributed by atoms with van der Waals surface area (Å²) in [5.41, 5.74) is 3.45. The van der Waals surface area contributed by atoms with Crippen LogP contribution in [0, 0.1) is 19.8 Å². The van der Waals surface area contributed by atoms with Crippen molar-refractivity contribution < 1.29 is 33.4 Å². The van der Waals surface area contributed by atoms with Crippen LogP contribution in [0.4, 0.5) is 5.69 Å². The molecule has 0 saturated carbocycles. The lowest BCUT2D eigenvalue weighted by molar-refractivity contribution is -0.147. The number of ether oxygens (including phenoxy) is 3. The van der Waals surface area contributed by atoms with Gasteiger partial charge in [-0.1, -0.05) is 18.2 Å². The molecule has 0 radical (unpaired) electrons. The van der Waals surface area contributed by atoms with E-state index in [1.165, 1.54) is 31.4 Å². The second kappa shape index (κ2) is 11.1. The van der Waals surface area contributed by atoms with Gasteiger partial charge in [-0.2, -0.15) is 0 Å². The first-order valence-corrected chi connectivity index (χ1v) is 11.8. The summed E-state index contributed by atoms with van der Waals surface area (Å²) in [6.45, 7) is 3.67. The van der Waals surface area contributed by atoms with Crippen molar-refractivity contribution >= 4 is 29.3 Å². The Kier molecular flexibility index (Phi) is 7.67. The van der Waals surface area contributed by atoms with Crippen LogP contribution < -0.4 is 14.4 Å². The van der Waals surface area contributed by atoms with E-state index in [4.69, 9.17) is 14.2 Å².